The van der Waals surface area contributed by atoms with Crippen molar-refractivity contribution in [1.82, 2.24) is 9.38 Å². The van der Waals surface area contributed by atoms with E-state index in [4.69, 9.17) is 0 Å². The minimum Gasteiger partial charge on any atom is -0.477 e. The molecule has 0 saturated heterocycles. The molecule has 0 bridgehead atoms. The summed E-state index contributed by atoms with van der Waals surface area (Å²) >= 11 is 1.51. The van der Waals surface area contributed by atoms with Gasteiger partial charge >= 0.3 is 5.97 Å². The van der Waals surface area contributed by atoms with E-state index in [-0.39, 0.29) is 0 Å². The van der Waals surface area contributed by atoms with Crippen molar-refractivity contribution in [3.05, 3.63) is 22.5 Å². The standard InChI is InChI=1S/C11H14N2O2S/c1-3-5-8-9(10(14)15)13-7(4-2)6-16-11(13)12-8/h6H,3-5H2,1-2H3,(H,14,15). The van der Waals surface area contributed by atoms with E-state index >= 15 is 0 Å². The molecule has 0 aliphatic carbocycles. The Balaban J connectivity index is 2.69. The van der Waals surface area contributed by atoms with Crippen LogP contribution < -0.4 is 0 Å². The first kappa shape index (κ1) is 11.1. The Hall–Kier alpha value is -1.36. The van der Waals surface area contributed by atoms with E-state index in [0.717, 1.165) is 29.9 Å². The summed E-state index contributed by atoms with van der Waals surface area (Å²) in [5.41, 5.74) is 2.07. The Kier molecular flexibility index (Phi) is 2.96. The molecule has 4 nitrogen and oxygen atoms in total. The van der Waals surface area contributed by atoms with Gasteiger partial charge in [0.2, 0.25) is 0 Å². The van der Waals surface area contributed by atoms with Crippen LogP contribution in [0, 0.1) is 0 Å². The van der Waals surface area contributed by atoms with Crippen LogP contribution in [0.15, 0.2) is 5.38 Å². The number of thiazole rings is 1. The second kappa shape index (κ2) is 4.25. The monoisotopic (exact) mass is 238 g/mol. The SMILES string of the molecule is CCCc1nc2scc(CC)n2c1C(=O)O. The second-order valence-corrected chi connectivity index (χ2v) is 4.50. The van der Waals surface area contributed by atoms with Crippen molar-refractivity contribution in [2.24, 2.45) is 0 Å². The molecule has 0 fully saturated rings. The van der Waals surface area contributed by atoms with E-state index in [1.807, 2.05) is 19.2 Å². The Labute approximate surface area is 97.6 Å². The lowest BCUT2D eigenvalue weighted by Gasteiger charge is -1.99. The molecule has 0 unspecified atom stereocenters. The third kappa shape index (κ3) is 1.61. The molecule has 86 valence electrons. The molecule has 2 aromatic rings. The Morgan fingerprint density at radius 2 is 2.31 bits per heavy atom. The maximum absolute atomic E-state index is 11.3. The van der Waals surface area contributed by atoms with Crippen LogP contribution in [-0.2, 0) is 12.8 Å². The Morgan fingerprint density at radius 3 is 2.88 bits per heavy atom. The summed E-state index contributed by atoms with van der Waals surface area (Å²) in [7, 11) is 0. The van der Waals surface area contributed by atoms with E-state index < -0.39 is 5.97 Å². The van der Waals surface area contributed by atoms with Gasteiger partial charge in [-0.1, -0.05) is 20.3 Å². The summed E-state index contributed by atoms with van der Waals surface area (Å²) in [6.07, 6.45) is 2.45. The number of aryl methyl sites for hydroxylation is 2. The van der Waals surface area contributed by atoms with Crippen LogP contribution in [0.1, 0.15) is 42.1 Å². The summed E-state index contributed by atoms with van der Waals surface area (Å²) in [5, 5.41) is 11.2. The highest BCUT2D eigenvalue weighted by molar-refractivity contribution is 7.15. The minimum atomic E-state index is -0.885. The molecule has 0 radical (unpaired) electrons. The molecule has 0 spiro atoms. The fourth-order valence-electron chi connectivity index (χ4n) is 1.83. The maximum atomic E-state index is 11.3. The van der Waals surface area contributed by atoms with Gasteiger partial charge < -0.3 is 5.11 Å². The van der Waals surface area contributed by atoms with Gasteiger partial charge in [-0.25, -0.2) is 9.78 Å². The summed E-state index contributed by atoms with van der Waals surface area (Å²) in [4.78, 5) is 16.5. The summed E-state index contributed by atoms with van der Waals surface area (Å²) in [5.74, 6) is -0.885. The molecule has 0 amide bonds. The number of nitrogens with zero attached hydrogens (tertiary/aromatic N) is 2. The number of imidazole rings is 1. The molecular formula is C11H14N2O2S. The van der Waals surface area contributed by atoms with Gasteiger partial charge in [0.1, 0.15) is 0 Å². The van der Waals surface area contributed by atoms with Crippen molar-refractivity contribution >= 4 is 22.3 Å². The van der Waals surface area contributed by atoms with Crippen LogP contribution >= 0.6 is 11.3 Å². The van der Waals surface area contributed by atoms with Crippen LogP contribution in [0.2, 0.25) is 0 Å². The van der Waals surface area contributed by atoms with Gasteiger partial charge in [-0.15, -0.1) is 11.3 Å². The van der Waals surface area contributed by atoms with Gasteiger partial charge in [-0.2, -0.15) is 0 Å². The third-order valence-electron chi connectivity index (χ3n) is 2.56. The van der Waals surface area contributed by atoms with Gasteiger partial charge in [-0.3, -0.25) is 4.40 Å². The van der Waals surface area contributed by atoms with Gasteiger partial charge in [0, 0.05) is 11.1 Å². The molecule has 0 atom stereocenters. The fourth-order valence-corrected chi connectivity index (χ4v) is 2.82. The number of carbonyl (C=O) groups is 1. The van der Waals surface area contributed by atoms with Crippen LogP contribution in [0.25, 0.3) is 4.96 Å². The molecule has 2 aromatic heterocycles. The lowest BCUT2D eigenvalue weighted by molar-refractivity contribution is 0.0688. The highest BCUT2D eigenvalue weighted by Crippen LogP contribution is 2.22. The van der Waals surface area contributed by atoms with Crippen molar-refractivity contribution in [3.8, 4) is 0 Å². The van der Waals surface area contributed by atoms with E-state index in [9.17, 15) is 9.90 Å². The second-order valence-electron chi connectivity index (χ2n) is 3.66. The third-order valence-corrected chi connectivity index (χ3v) is 3.43. The average molecular weight is 238 g/mol. The first-order chi connectivity index (χ1) is 7.69. The van der Waals surface area contributed by atoms with Crippen molar-refractivity contribution in [3.63, 3.8) is 0 Å². The minimum absolute atomic E-state index is 0.343. The quantitative estimate of drug-likeness (QED) is 0.890. The number of hydrogen-bond acceptors (Lipinski definition) is 3. The van der Waals surface area contributed by atoms with Crippen molar-refractivity contribution in [2.45, 2.75) is 33.1 Å². The first-order valence-electron chi connectivity index (χ1n) is 5.40. The zero-order valence-electron chi connectivity index (χ0n) is 9.36. The molecule has 1 N–H and O–H groups in total. The zero-order valence-corrected chi connectivity index (χ0v) is 10.2. The largest absolute Gasteiger partial charge is 0.477 e. The van der Waals surface area contributed by atoms with Crippen LogP contribution in [0.4, 0.5) is 0 Å². The summed E-state index contributed by atoms with van der Waals surface area (Å²) in [6, 6.07) is 0. The fraction of sp³-hybridized carbons (Fsp3) is 0.455. The smallest absolute Gasteiger partial charge is 0.354 e. The number of fused-ring (bicyclic) bond motifs is 1. The summed E-state index contributed by atoms with van der Waals surface area (Å²) in [6.45, 7) is 4.05. The van der Waals surface area contributed by atoms with Gasteiger partial charge in [0.25, 0.3) is 0 Å². The van der Waals surface area contributed by atoms with Crippen molar-refractivity contribution in [2.75, 3.05) is 0 Å². The molecule has 2 heterocycles. The predicted octanol–water partition coefficient (Wildman–Crippen LogP) is 2.61. The number of aromatic carboxylic acids is 1. The molecule has 16 heavy (non-hydrogen) atoms. The van der Waals surface area contributed by atoms with Crippen LogP contribution in [0.3, 0.4) is 0 Å². The highest BCUT2D eigenvalue weighted by atomic mass is 32.1. The Morgan fingerprint density at radius 1 is 1.56 bits per heavy atom. The Bertz CT molecular complexity index is 527. The number of carboxylic acids is 1. The highest BCUT2D eigenvalue weighted by Gasteiger charge is 2.20. The lowest BCUT2D eigenvalue weighted by atomic mass is 10.2. The van der Waals surface area contributed by atoms with Gasteiger partial charge in [0.05, 0.1) is 5.69 Å². The number of rotatable bonds is 4. The molecule has 5 heteroatoms. The number of aromatic nitrogens is 2. The van der Waals surface area contributed by atoms with Gasteiger partial charge in [-0.05, 0) is 12.8 Å². The van der Waals surface area contributed by atoms with E-state index in [1.54, 1.807) is 4.40 Å². The normalized spacial score (nSPS) is 11.1. The number of carboxylic acid groups (broad SMARTS) is 1. The topological polar surface area (TPSA) is 54.6 Å². The van der Waals surface area contributed by atoms with Crippen molar-refractivity contribution < 1.29 is 9.90 Å². The predicted molar refractivity (Wildman–Crippen MR) is 63.4 cm³/mol. The molecular weight excluding hydrogens is 224 g/mol. The average Bonchev–Trinajstić information content (AvgIpc) is 2.75. The van der Waals surface area contributed by atoms with E-state index in [0.29, 0.717) is 11.4 Å². The number of hydrogen-bond donors (Lipinski definition) is 1. The van der Waals surface area contributed by atoms with E-state index in [1.165, 1.54) is 11.3 Å². The lowest BCUT2D eigenvalue weighted by Crippen LogP contribution is -2.06. The van der Waals surface area contributed by atoms with Crippen molar-refractivity contribution in [1.29, 1.82) is 0 Å². The zero-order chi connectivity index (χ0) is 11.7. The summed E-state index contributed by atoms with van der Waals surface area (Å²) < 4.78 is 1.78. The molecule has 0 aliphatic heterocycles. The molecule has 0 aliphatic rings. The molecule has 2 rings (SSSR count). The molecule has 0 aromatic carbocycles. The van der Waals surface area contributed by atoms with Gasteiger partial charge in [0.15, 0.2) is 10.7 Å². The van der Waals surface area contributed by atoms with Crippen LogP contribution in [-0.4, -0.2) is 20.5 Å². The van der Waals surface area contributed by atoms with E-state index in [2.05, 4.69) is 4.98 Å². The first-order valence-corrected chi connectivity index (χ1v) is 6.28. The molecule has 0 saturated carbocycles. The maximum Gasteiger partial charge on any atom is 0.354 e. The van der Waals surface area contributed by atoms with Crippen LogP contribution in [0.5, 0.6) is 0 Å².